The van der Waals surface area contributed by atoms with Crippen LogP contribution >= 0.6 is 0 Å². The summed E-state index contributed by atoms with van der Waals surface area (Å²) in [4.78, 5) is 0. The average Bonchev–Trinajstić information content (AvgIpc) is 0. The molecule has 0 aliphatic rings. The van der Waals surface area contributed by atoms with E-state index < -0.39 is 0 Å². The summed E-state index contributed by atoms with van der Waals surface area (Å²) < 4.78 is 0. The Morgan fingerprint density at radius 1 is 0.0238 bits per heavy atom. The van der Waals surface area contributed by atoms with E-state index in [1.807, 2.05) is 0 Å². The largest absolute Gasteiger partial charge is 0 e. The predicted octanol–water partition coefficient (Wildman–Crippen LogP) is -0.105. The van der Waals surface area contributed by atoms with Crippen molar-refractivity contribution in [1.29, 1.82) is 0 Å². The molecule has 0 saturated carbocycles. The first-order valence-corrected chi connectivity index (χ1v) is 0. The van der Waals surface area contributed by atoms with Crippen LogP contribution < -0.4 is 0 Å². The molecule has 0 heterocycles. The number of rotatable bonds is 0. The van der Waals surface area contributed by atoms with Crippen LogP contribution in [0.15, 0.2) is 0 Å². The Bertz CT molecular complexity index is 0. The number of hydrogen-bond acceptors (Lipinski definition) is 0. The van der Waals surface area contributed by atoms with E-state index >= 15 is 0 Å². The molecule has 0 rings (SSSR count). The van der Waals surface area contributed by atoms with Crippen molar-refractivity contribution in [2.45, 2.75) is 0 Å². The molecule has 0 atom stereocenters. The van der Waals surface area contributed by atoms with Crippen molar-refractivity contribution in [1.82, 2.24) is 0 Å². The first-order chi connectivity index (χ1) is 0. The van der Waals surface area contributed by atoms with Crippen molar-refractivity contribution in [3.8, 4) is 0 Å². The van der Waals surface area contributed by atoms with Crippen molar-refractivity contribution in [3.05, 3.63) is 0 Å². The van der Waals surface area contributed by atoms with Crippen LogP contribution in [-0.4, -0.2) is 0 Å². The van der Waals surface area contributed by atoms with Crippen LogP contribution in [0.2, 0.25) is 0 Å². The zero-order chi connectivity index (χ0) is 0. The Hall–Kier alpha value is 24.5. The van der Waals surface area contributed by atoms with Gasteiger partial charge in [0.05, 0.1) is 0 Å². The summed E-state index contributed by atoms with van der Waals surface area (Å²) in [6, 6.07) is 0. The van der Waals surface area contributed by atoms with E-state index in [1.54, 1.807) is 0 Å². The minimum Gasteiger partial charge on any atom is 0 e. The summed E-state index contributed by atoms with van der Waals surface area (Å²) in [5, 5.41) is 0. The summed E-state index contributed by atoms with van der Waals surface area (Å²) in [6.45, 7) is 0. The quantitative estimate of drug-likeness (QED) is 0.319. The molecule has 0 aromatic carbocycles. The van der Waals surface area contributed by atoms with Gasteiger partial charge in [0.15, 0.2) is 0 Å². The van der Waals surface area contributed by atoms with Crippen molar-refractivity contribution < 1.29 is 779 Å². The molecule has 0 aromatic rings. The fourth-order valence-electron chi connectivity index (χ4n) is 0. The second-order valence-electron chi connectivity index (χ2n) is 0. The van der Waals surface area contributed by atoms with Gasteiger partial charge >= 0.3 is 0 Å². The van der Waals surface area contributed by atoms with Gasteiger partial charge < -0.3 is 0 Å². The molecule has 0 N–H and O–H groups in total. The van der Waals surface area contributed by atoms with Gasteiger partial charge in [-0.15, -0.1) is 0 Å². The summed E-state index contributed by atoms with van der Waals surface area (Å²) in [5.41, 5.74) is 0. The van der Waals surface area contributed by atoms with Crippen molar-refractivity contribution in [2.24, 2.45) is 0 Å². The monoisotopic (exact) mass is 2140 g/mol. The molecule has 0 saturated heterocycles. The van der Waals surface area contributed by atoms with Gasteiger partial charge in [0.2, 0.25) is 0 Å². The Morgan fingerprint density at radius 3 is 0.0238 bits per heavy atom. The molecular formula is V42. The van der Waals surface area contributed by atoms with Crippen LogP contribution in [0.1, 0.15) is 0 Å². The SMILES string of the molecule is [V].[V].[V].[V].[V].[V].[V].[V].[V].[V].[V].[V].[V].[V].[V].[V].[V].[V].[V].[V].[V].[V].[V].[V].[V].[V].[V].[V].[V].[V].[V].[V].[V].[V].[V].[V].[V].[V].[V].[V].[V].[V]. The molecule has 0 spiro atoms. The molecule has 42 heavy (non-hydrogen) atoms. The molecular weight excluding hydrogens is 2140 g/mol. The standard InChI is InChI=1S/42V. The molecule has 0 aliphatic heterocycles. The Balaban J connectivity index is 0. The Morgan fingerprint density at radius 2 is 0.0238 bits per heavy atom. The van der Waals surface area contributed by atoms with Gasteiger partial charge in [0.1, 0.15) is 0 Å². The summed E-state index contributed by atoms with van der Waals surface area (Å²) in [6.07, 6.45) is 0. The molecule has 0 bridgehead atoms. The predicted molar refractivity (Wildman–Crippen MR) is 0 cm³/mol. The first kappa shape index (κ1) is 475. The van der Waals surface area contributed by atoms with Gasteiger partial charge in [-0.3, -0.25) is 0 Å². The van der Waals surface area contributed by atoms with Crippen LogP contribution in [0, 0.1) is 0 Å². The normalized spacial score (nSPS) is 0. The maximum Gasteiger partial charge on any atom is 0 e. The van der Waals surface area contributed by atoms with Crippen LogP contribution in [0.4, 0.5) is 0 Å². The molecule has 0 unspecified atom stereocenters. The Labute approximate surface area is 758 Å². The smallest absolute Gasteiger partial charge is 0 e. The van der Waals surface area contributed by atoms with Crippen LogP contribution in [0.25, 0.3) is 0 Å². The maximum absolute atomic E-state index is 0. The topological polar surface area (TPSA) is 0 Å². The zero-order valence-corrected chi connectivity index (χ0v) is 77.4. The second kappa shape index (κ2) is 453. The van der Waals surface area contributed by atoms with Gasteiger partial charge in [-0.05, 0) is 0 Å². The van der Waals surface area contributed by atoms with E-state index in [1.165, 1.54) is 0 Å². The Kier molecular flexibility index (Phi) is 5120. The average molecular weight is 2140 g/mol. The first-order valence-electron chi connectivity index (χ1n) is 0. The fraction of sp³-hybridized carbons (Fsp3) is 0. The van der Waals surface area contributed by atoms with Crippen LogP contribution in [-0.2, 0) is 779 Å². The molecule has 42 heteroatoms. The molecule has 210 valence electrons. The van der Waals surface area contributed by atoms with E-state index in [0.717, 1.165) is 0 Å². The van der Waals surface area contributed by atoms with Gasteiger partial charge in [-0.2, -0.15) is 0 Å². The molecule has 0 aromatic heterocycles. The zero-order valence-electron chi connectivity index (χ0n) is 18.8. The van der Waals surface area contributed by atoms with Gasteiger partial charge in [-0.1, -0.05) is 0 Å². The van der Waals surface area contributed by atoms with E-state index in [0.29, 0.717) is 0 Å². The number of hydrogen-bond donors (Lipinski definition) is 0. The summed E-state index contributed by atoms with van der Waals surface area (Å²) >= 11 is 0. The van der Waals surface area contributed by atoms with Gasteiger partial charge in [-0.25, -0.2) is 0 Å². The minimum absolute atomic E-state index is 0. The third-order valence-corrected chi connectivity index (χ3v) is 0. The summed E-state index contributed by atoms with van der Waals surface area (Å²) in [5.74, 6) is 0. The van der Waals surface area contributed by atoms with Crippen LogP contribution in [0.5, 0.6) is 0 Å². The van der Waals surface area contributed by atoms with Gasteiger partial charge in [0, 0.05) is 779 Å². The third-order valence-electron chi connectivity index (χ3n) is 0. The molecule has 0 nitrogen and oxygen atoms in total. The van der Waals surface area contributed by atoms with E-state index in [2.05, 4.69) is 0 Å². The van der Waals surface area contributed by atoms with Crippen molar-refractivity contribution >= 4 is 0 Å². The molecule has 42 radical (unpaired) electrons. The van der Waals surface area contributed by atoms with Gasteiger partial charge in [0.25, 0.3) is 0 Å². The van der Waals surface area contributed by atoms with E-state index in [9.17, 15) is 0 Å². The maximum atomic E-state index is 0. The second-order valence-corrected chi connectivity index (χ2v) is 0. The third kappa shape index (κ3) is 433. The minimum atomic E-state index is 0. The molecule has 0 fully saturated rings. The van der Waals surface area contributed by atoms with E-state index in [4.69, 9.17) is 0 Å². The molecule has 0 amide bonds. The molecule has 0 aliphatic carbocycles. The van der Waals surface area contributed by atoms with E-state index in [-0.39, 0.29) is 779 Å². The van der Waals surface area contributed by atoms with Crippen molar-refractivity contribution in [3.63, 3.8) is 0 Å². The summed E-state index contributed by atoms with van der Waals surface area (Å²) in [7, 11) is 0. The van der Waals surface area contributed by atoms with Crippen molar-refractivity contribution in [2.75, 3.05) is 0 Å². The fourth-order valence-corrected chi connectivity index (χ4v) is 0. The van der Waals surface area contributed by atoms with Crippen LogP contribution in [0.3, 0.4) is 0 Å².